The molecule has 0 N–H and O–H groups in total. The molecule has 0 atom stereocenters. The van der Waals surface area contributed by atoms with Gasteiger partial charge in [-0.1, -0.05) is 0 Å². The molecule has 0 aliphatic heterocycles. The molecule has 5 nitrogen and oxygen atoms in total. The summed E-state index contributed by atoms with van der Waals surface area (Å²) in [5.41, 5.74) is 3.88. The van der Waals surface area contributed by atoms with Gasteiger partial charge in [-0.05, 0) is 49.3 Å². The van der Waals surface area contributed by atoms with E-state index in [4.69, 9.17) is 4.74 Å². The number of rotatable bonds is 4. The van der Waals surface area contributed by atoms with Crippen molar-refractivity contribution in [3.05, 3.63) is 41.2 Å². The first-order valence-corrected chi connectivity index (χ1v) is 8.15. The zero-order valence-electron chi connectivity index (χ0n) is 12.2. The molecule has 0 aromatic carbocycles. The van der Waals surface area contributed by atoms with Crippen LogP contribution in [0.25, 0.3) is 16.9 Å². The monoisotopic (exact) mass is 313 g/mol. The average Bonchev–Trinajstić information content (AvgIpc) is 3.10. The van der Waals surface area contributed by atoms with Crippen molar-refractivity contribution in [1.29, 1.82) is 0 Å². The minimum atomic E-state index is -0.253. The SMILES string of the molecule is CCOC(=O)c1snc(-c2ccc3nccn3c2)c1C1CC1. The molecule has 1 aliphatic rings. The minimum absolute atomic E-state index is 0.253. The van der Waals surface area contributed by atoms with E-state index in [1.54, 1.807) is 6.20 Å². The predicted octanol–water partition coefficient (Wildman–Crippen LogP) is 3.51. The van der Waals surface area contributed by atoms with Gasteiger partial charge in [0.2, 0.25) is 0 Å². The second-order valence-electron chi connectivity index (χ2n) is 5.38. The highest BCUT2D eigenvalue weighted by molar-refractivity contribution is 7.08. The summed E-state index contributed by atoms with van der Waals surface area (Å²) in [6, 6.07) is 3.98. The van der Waals surface area contributed by atoms with Gasteiger partial charge < -0.3 is 9.14 Å². The van der Waals surface area contributed by atoms with Crippen LogP contribution in [0, 0.1) is 0 Å². The second kappa shape index (κ2) is 5.21. The average molecular weight is 313 g/mol. The Bertz CT molecular complexity index is 848. The van der Waals surface area contributed by atoms with Gasteiger partial charge in [0, 0.05) is 29.7 Å². The molecule has 3 aromatic heterocycles. The summed E-state index contributed by atoms with van der Waals surface area (Å²) in [6.45, 7) is 2.21. The maximum absolute atomic E-state index is 12.1. The zero-order chi connectivity index (χ0) is 15.1. The van der Waals surface area contributed by atoms with Crippen molar-refractivity contribution in [2.24, 2.45) is 0 Å². The number of carbonyl (C=O) groups is 1. The third-order valence-corrected chi connectivity index (χ3v) is 4.68. The number of fused-ring (bicyclic) bond motifs is 1. The summed E-state index contributed by atoms with van der Waals surface area (Å²) in [5, 5.41) is 0. The largest absolute Gasteiger partial charge is 0.462 e. The maximum Gasteiger partial charge on any atom is 0.350 e. The van der Waals surface area contributed by atoms with Crippen LogP contribution in [0.15, 0.2) is 30.7 Å². The van der Waals surface area contributed by atoms with Gasteiger partial charge in [-0.25, -0.2) is 9.78 Å². The zero-order valence-corrected chi connectivity index (χ0v) is 13.0. The van der Waals surface area contributed by atoms with E-state index < -0.39 is 0 Å². The lowest BCUT2D eigenvalue weighted by molar-refractivity contribution is 0.0531. The summed E-state index contributed by atoms with van der Waals surface area (Å²) in [6.07, 6.45) is 7.93. The molecular formula is C16H15N3O2S. The van der Waals surface area contributed by atoms with E-state index in [0.29, 0.717) is 17.4 Å². The van der Waals surface area contributed by atoms with E-state index >= 15 is 0 Å². The van der Waals surface area contributed by atoms with E-state index in [1.165, 1.54) is 11.5 Å². The number of esters is 1. The lowest BCUT2D eigenvalue weighted by Crippen LogP contribution is -2.05. The minimum Gasteiger partial charge on any atom is -0.462 e. The summed E-state index contributed by atoms with van der Waals surface area (Å²) in [5.74, 6) is 0.184. The third-order valence-electron chi connectivity index (χ3n) is 3.84. The highest BCUT2D eigenvalue weighted by Crippen LogP contribution is 2.47. The van der Waals surface area contributed by atoms with Crippen LogP contribution in [0.1, 0.15) is 40.9 Å². The molecule has 0 unspecified atom stereocenters. The van der Waals surface area contributed by atoms with Crippen molar-refractivity contribution < 1.29 is 9.53 Å². The first-order chi connectivity index (χ1) is 10.8. The smallest absolute Gasteiger partial charge is 0.350 e. The molecule has 22 heavy (non-hydrogen) atoms. The van der Waals surface area contributed by atoms with E-state index in [0.717, 1.165) is 35.3 Å². The standard InChI is InChI=1S/C16H15N3O2S/c1-2-21-16(20)15-13(10-3-4-10)14(18-22-15)11-5-6-12-17-7-8-19(12)9-11/h5-10H,2-4H2,1H3. The molecule has 1 saturated carbocycles. The Morgan fingerprint density at radius 3 is 3.09 bits per heavy atom. The van der Waals surface area contributed by atoms with Crippen molar-refractivity contribution in [2.75, 3.05) is 6.61 Å². The number of ether oxygens (including phenoxy) is 1. The quantitative estimate of drug-likeness (QED) is 0.692. The van der Waals surface area contributed by atoms with E-state index in [1.807, 2.05) is 35.9 Å². The van der Waals surface area contributed by atoms with Crippen molar-refractivity contribution in [1.82, 2.24) is 13.8 Å². The van der Waals surface area contributed by atoms with Gasteiger partial charge in [-0.2, -0.15) is 4.37 Å². The fourth-order valence-electron chi connectivity index (χ4n) is 2.66. The van der Waals surface area contributed by atoms with Crippen LogP contribution in [0.5, 0.6) is 0 Å². The number of imidazole rings is 1. The number of hydrogen-bond donors (Lipinski definition) is 0. The summed E-state index contributed by atoms with van der Waals surface area (Å²) >= 11 is 1.25. The Labute approximate surface area is 131 Å². The van der Waals surface area contributed by atoms with Crippen molar-refractivity contribution in [3.63, 3.8) is 0 Å². The topological polar surface area (TPSA) is 56.5 Å². The highest BCUT2D eigenvalue weighted by Gasteiger charge is 2.34. The molecule has 4 rings (SSSR count). The molecule has 0 radical (unpaired) electrons. The maximum atomic E-state index is 12.1. The third kappa shape index (κ3) is 2.20. The van der Waals surface area contributed by atoms with Crippen LogP contribution in [0.2, 0.25) is 0 Å². The molecule has 0 saturated heterocycles. The number of pyridine rings is 1. The van der Waals surface area contributed by atoms with Crippen LogP contribution in [0.4, 0.5) is 0 Å². The molecule has 6 heteroatoms. The molecule has 1 fully saturated rings. The number of carbonyl (C=O) groups excluding carboxylic acids is 1. The van der Waals surface area contributed by atoms with Gasteiger partial charge >= 0.3 is 5.97 Å². The lowest BCUT2D eigenvalue weighted by Gasteiger charge is -2.05. The molecule has 3 aromatic rings. The Morgan fingerprint density at radius 2 is 2.32 bits per heavy atom. The summed E-state index contributed by atoms with van der Waals surface area (Å²) in [4.78, 5) is 17.1. The van der Waals surface area contributed by atoms with E-state index in [-0.39, 0.29) is 5.97 Å². The van der Waals surface area contributed by atoms with E-state index in [9.17, 15) is 4.79 Å². The van der Waals surface area contributed by atoms with Gasteiger partial charge in [-0.3, -0.25) is 0 Å². The van der Waals surface area contributed by atoms with Gasteiger partial charge in [0.05, 0.1) is 12.3 Å². The fourth-order valence-corrected chi connectivity index (χ4v) is 3.54. The Hall–Kier alpha value is -2.21. The fraction of sp³-hybridized carbons (Fsp3) is 0.312. The van der Waals surface area contributed by atoms with Gasteiger partial charge in [0.15, 0.2) is 0 Å². The molecule has 0 spiro atoms. The lowest BCUT2D eigenvalue weighted by atomic mass is 10.0. The van der Waals surface area contributed by atoms with Crippen LogP contribution in [-0.2, 0) is 4.74 Å². The normalized spacial score (nSPS) is 14.4. The molecule has 1 aliphatic carbocycles. The van der Waals surface area contributed by atoms with Gasteiger partial charge in [-0.15, -0.1) is 0 Å². The van der Waals surface area contributed by atoms with Gasteiger partial charge in [0.1, 0.15) is 10.5 Å². The van der Waals surface area contributed by atoms with Gasteiger partial charge in [0.25, 0.3) is 0 Å². The number of aromatic nitrogens is 3. The van der Waals surface area contributed by atoms with Crippen molar-refractivity contribution >= 4 is 23.1 Å². The highest BCUT2D eigenvalue weighted by atomic mass is 32.1. The second-order valence-corrected chi connectivity index (χ2v) is 6.15. The first kappa shape index (κ1) is 13.5. The molecule has 0 bridgehead atoms. The molecule has 0 amide bonds. The van der Waals surface area contributed by atoms with E-state index in [2.05, 4.69) is 9.36 Å². The predicted molar refractivity (Wildman–Crippen MR) is 84.2 cm³/mol. The molecule has 3 heterocycles. The number of hydrogen-bond acceptors (Lipinski definition) is 5. The molecular weight excluding hydrogens is 298 g/mol. The van der Waals surface area contributed by atoms with Crippen molar-refractivity contribution in [3.8, 4) is 11.3 Å². The summed E-state index contributed by atoms with van der Waals surface area (Å²) in [7, 11) is 0. The summed E-state index contributed by atoms with van der Waals surface area (Å²) < 4.78 is 11.7. The van der Waals surface area contributed by atoms with Crippen LogP contribution in [0.3, 0.4) is 0 Å². The Morgan fingerprint density at radius 1 is 1.45 bits per heavy atom. The molecule has 112 valence electrons. The van der Waals surface area contributed by atoms with Crippen LogP contribution >= 0.6 is 11.5 Å². The first-order valence-electron chi connectivity index (χ1n) is 7.37. The number of nitrogens with zero attached hydrogens (tertiary/aromatic N) is 3. The van der Waals surface area contributed by atoms with Crippen molar-refractivity contribution in [2.45, 2.75) is 25.7 Å². The Balaban J connectivity index is 1.82. The Kier molecular flexibility index (Phi) is 3.18. The van der Waals surface area contributed by atoms with Crippen LogP contribution in [-0.4, -0.2) is 26.3 Å². The van der Waals surface area contributed by atoms with Crippen LogP contribution < -0.4 is 0 Å².